The maximum absolute atomic E-state index is 12.6. The largest absolute Gasteiger partial charge is 0.477 e. The molecule has 2 heterocycles. The molecule has 1 atom stereocenters. The Hall–Kier alpha value is -3.61. The van der Waals surface area contributed by atoms with Gasteiger partial charge in [-0.25, -0.2) is 4.79 Å². The van der Waals surface area contributed by atoms with E-state index in [1.54, 1.807) is 7.05 Å². The van der Waals surface area contributed by atoms with Gasteiger partial charge in [-0.1, -0.05) is 30.3 Å². The highest BCUT2D eigenvalue weighted by molar-refractivity contribution is 5.98. The highest BCUT2D eigenvalue weighted by Crippen LogP contribution is 2.35. The molecule has 2 aromatic carbocycles. The summed E-state index contributed by atoms with van der Waals surface area (Å²) in [7, 11) is 2.95. The number of benzene rings is 2. The standard InChI is InChI=1S/C23H23N3O4/c1-14-15-8-4-5-9-16(15)25-17(21(14)23(28)29-3)12-26-13-20(22(27)24-2)30-19-11-7-6-10-18(19)26/h4-11,20H,12-13H2,1-3H3,(H,24,27)/t20-/m0/s1. The number of likely N-dealkylation sites (N-methyl/N-ethyl adjacent to an activating group) is 1. The van der Waals surface area contributed by atoms with Crippen LogP contribution in [0.3, 0.4) is 0 Å². The molecule has 1 amide bonds. The fourth-order valence-electron chi connectivity index (χ4n) is 3.86. The second kappa shape index (κ2) is 8.02. The zero-order valence-electron chi connectivity index (χ0n) is 17.1. The van der Waals surface area contributed by atoms with Crippen LogP contribution in [0.5, 0.6) is 5.75 Å². The fourth-order valence-corrected chi connectivity index (χ4v) is 3.86. The molecule has 0 saturated heterocycles. The van der Waals surface area contributed by atoms with E-state index in [2.05, 4.69) is 5.32 Å². The molecule has 1 aliphatic rings. The summed E-state index contributed by atoms with van der Waals surface area (Å²) < 4.78 is 10.9. The number of hydrogen-bond acceptors (Lipinski definition) is 6. The summed E-state index contributed by atoms with van der Waals surface area (Å²) >= 11 is 0. The number of ether oxygens (including phenoxy) is 2. The molecule has 0 saturated carbocycles. The molecule has 0 unspecified atom stereocenters. The van der Waals surface area contributed by atoms with Crippen molar-refractivity contribution in [2.45, 2.75) is 19.6 Å². The van der Waals surface area contributed by atoms with Gasteiger partial charge in [-0.15, -0.1) is 0 Å². The van der Waals surface area contributed by atoms with Crippen molar-refractivity contribution in [2.24, 2.45) is 0 Å². The Labute approximate surface area is 174 Å². The van der Waals surface area contributed by atoms with E-state index in [1.807, 2.05) is 60.4 Å². The number of methoxy groups -OCH3 is 1. The highest BCUT2D eigenvalue weighted by atomic mass is 16.5. The molecular weight excluding hydrogens is 382 g/mol. The molecule has 154 valence electrons. The molecule has 3 aromatic rings. The van der Waals surface area contributed by atoms with Gasteiger partial charge < -0.3 is 19.7 Å². The number of nitrogens with one attached hydrogen (secondary N) is 1. The van der Waals surface area contributed by atoms with Gasteiger partial charge >= 0.3 is 5.97 Å². The van der Waals surface area contributed by atoms with Crippen LogP contribution in [0.25, 0.3) is 10.9 Å². The first-order valence-electron chi connectivity index (χ1n) is 9.72. The highest BCUT2D eigenvalue weighted by Gasteiger charge is 2.31. The SMILES string of the molecule is CNC(=O)[C@@H]1CN(Cc2nc3ccccc3c(C)c2C(=O)OC)c2ccccc2O1. The van der Waals surface area contributed by atoms with Gasteiger partial charge in [0.2, 0.25) is 0 Å². The first kappa shape index (κ1) is 19.7. The van der Waals surface area contributed by atoms with Gasteiger partial charge in [0, 0.05) is 12.4 Å². The zero-order valence-corrected chi connectivity index (χ0v) is 17.1. The first-order valence-corrected chi connectivity index (χ1v) is 9.72. The number of fused-ring (bicyclic) bond motifs is 2. The van der Waals surface area contributed by atoms with E-state index in [-0.39, 0.29) is 5.91 Å². The van der Waals surface area contributed by atoms with Gasteiger partial charge in [0.15, 0.2) is 6.10 Å². The molecule has 0 spiro atoms. The maximum Gasteiger partial charge on any atom is 0.340 e. The Morgan fingerprint density at radius 3 is 2.70 bits per heavy atom. The molecule has 30 heavy (non-hydrogen) atoms. The van der Waals surface area contributed by atoms with Crippen LogP contribution in [0.4, 0.5) is 5.69 Å². The number of anilines is 1. The van der Waals surface area contributed by atoms with E-state index in [0.717, 1.165) is 22.2 Å². The third kappa shape index (κ3) is 3.43. The lowest BCUT2D eigenvalue weighted by Gasteiger charge is -2.35. The van der Waals surface area contributed by atoms with Gasteiger partial charge in [0.1, 0.15) is 5.75 Å². The molecule has 1 aromatic heterocycles. The van der Waals surface area contributed by atoms with E-state index >= 15 is 0 Å². The van der Waals surface area contributed by atoms with Crippen LogP contribution in [0, 0.1) is 6.92 Å². The molecule has 7 heteroatoms. The summed E-state index contributed by atoms with van der Waals surface area (Å²) in [5.74, 6) is -0.00928. The van der Waals surface area contributed by atoms with Crippen LogP contribution in [-0.4, -0.2) is 43.7 Å². The van der Waals surface area contributed by atoms with Crippen molar-refractivity contribution >= 4 is 28.5 Å². The number of aromatic nitrogens is 1. The van der Waals surface area contributed by atoms with E-state index in [9.17, 15) is 9.59 Å². The smallest absolute Gasteiger partial charge is 0.340 e. The van der Waals surface area contributed by atoms with E-state index in [4.69, 9.17) is 14.5 Å². The lowest BCUT2D eigenvalue weighted by atomic mass is 10.0. The van der Waals surface area contributed by atoms with Crippen LogP contribution >= 0.6 is 0 Å². The van der Waals surface area contributed by atoms with Crippen molar-refractivity contribution in [3.05, 3.63) is 65.4 Å². The van der Waals surface area contributed by atoms with Crippen LogP contribution in [0.15, 0.2) is 48.5 Å². The van der Waals surface area contributed by atoms with Gasteiger partial charge in [-0.2, -0.15) is 0 Å². The number of carbonyl (C=O) groups is 2. The van der Waals surface area contributed by atoms with Crippen LogP contribution in [-0.2, 0) is 16.1 Å². The number of nitrogens with zero attached hydrogens (tertiary/aromatic N) is 2. The normalized spacial score (nSPS) is 15.3. The van der Waals surface area contributed by atoms with Crippen LogP contribution in [0.2, 0.25) is 0 Å². The van der Waals surface area contributed by atoms with Crippen LogP contribution in [0.1, 0.15) is 21.6 Å². The molecular formula is C23H23N3O4. The minimum Gasteiger partial charge on any atom is -0.477 e. The third-order valence-corrected chi connectivity index (χ3v) is 5.36. The minimum atomic E-state index is -0.659. The van der Waals surface area contributed by atoms with Gasteiger partial charge in [-0.3, -0.25) is 9.78 Å². The van der Waals surface area contributed by atoms with Gasteiger partial charge in [-0.05, 0) is 30.7 Å². The average molecular weight is 405 g/mol. The summed E-state index contributed by atoms with van der Waals surface area (Å²) in [4.78, 5) is 31.7. The summed E-state index contributed by atoms with van der Waals surface area (Å²) in [5, 5.41) is 3.55. The number of para-hydroxylation sites is 3. The second-order valence-electron chi connectivity index (χ2n) is 7.14. The molecule has 1 N–H and O–H groups in total. The molecule has 4 rings (SSSR count). The summed E-state index contributed by atoms with van der Waals surface area (Å²) in [6.45, 7) is 2.58. The monoisotopic (exact) mass is 405 g/mol. The van der Waals surface area contributed by atoms with Crippen molar-refractivity contribution in [1.82, 2.24) is 10.3 Å². The van der Waals surface area contributed by atoms with Crippen molar-refractivity contribution in [3.63, 3.8) is 0 Å². The lowest BCUT2D eigenvalue weighted by Crippen LogP contribution is -2.48. The first-order chi connectivity index (χ1) is 14.5. The Balaban J connectivity index is 1.81. The van der Waals surface area contributed by atoms with Crippen LogP contribution < -0.4 is 15.0 Å². The van der Waals surface area contributed by atoms with Gasteiger partial charge in [0.05, 0.1) is 42.7 Å². The van der Waals surface area contributed by atoms with Crippen molar-refractivity contribution < 1.29 is 19.1 Å². The number of carbonyl (C=O) groups excluding carboxylic acids is 2. The number of rotatable bonds is 4. The Morgan fingerprint density at radius 1 is 1.20 bits per heavy atom. The topological polar surface area (TPSA) is 80.8 Å². The summed E-state index contributed by atoms with van der Waals surface area (Å²) in [6.07, 6.45) is -0.659. The molecule has 7 nitrogen and oxygen atoms in total. The zero-order chi connectivity index (χ0) is 21.3. The lowest BCUT2D eigenvalue weighted by molar-refractivity contribution is -0.127. The van der Waals surface area contributed by atoms with Crippen molar-refractivity contribution in [3.8, 4) is 5.75 Å². The molecule has 1 aliphatic heterocycles. The van der Waals surface area contributed by atoms with E-state index < -0.39 is 12.1 Å². The molecule has 0 bridgehead atoms. The molecule has 0 aliphatic carbocycles. The molecule has 0 radical (unpaired) electrons. The van der Waals surface area contributed by atoms with Crippen molar-refractivity contribution in [1.29, 1.82) is 0 Å². The maximum atomic E-state index is 12.6. The number of aryl methyl sites for hydroxylation is 1. The predicted octanol–water partition coefficient (Wildman–Crippen LogP) is 2.84. The summed E-state index contributed by atoms with van der Waals surface area (Å²) in [5.41, 5.74) is 3.54. The summed E-state index contributed by atoms with van der Waals surface area (Å²) in [6, 6.07) is 15.2. The fraction of sp³-hybridized carbons (Fsp3) is 0.261. The molecule has 0 fully saturated rings. The van der Waals surface area contributed by atoms with E-state index in [0.29, 0.717) is 30.1 Å². The Kier molecular flexibility index (Phi) is 5.27. The number of amides is 1. The number of pyridine rings is 1. The minimum absolute atomic E-state index is 0.203. The van der Waals surface area contributed by atoms with E-state index in [1.165, 1.54) is 7.11 Å². The quantitative estimate of drug-likeness (QED) is 0.673. The average Bonchev–Trinajstić information content (AvgIpc) is 2.78. The van der Waals surface area contributed by atoms with Gasteiger partial charge in [0.25, 0.3) is 5.91 Å². The van der Waals surface area contributed by atoms with Crippen molar-refractivity contribution in [2.75, 3.05) is 25.6 Å². The number of hydrogen-bond donors (Lipinski definition) is 1. The second-order valence-corrected chi connectivity index (χ2v) is 7.14. The Morgan fingerprint density at radius 2 is 1.93 bits per heavy atom. The Bertz CT molecular complexity index is 1130. The predicted molar refractivity (Wildman–Crippen MR) is 114 cm³/mol. The third-order valence-electron chi connectivity index (χ3n) is 5.36. The number of esters is 1.